The van der Waals surface area contributed by atoms with Gasteiger partial charge in [0.15, 0.2) is 5.78 Å². The molecule has 0 bridgehead atoms. The zero-order valence-corrected chi connectivity index (χ0v) is 13.6. The summed E-state index contributed by atoms with van der Waals surface area (Å²) < 4.78 is 0.787. The lowest BCUT2D eigenvalue weighted by Gasteiger charge is -2.12. The molecule has 3 rings (SSSR count). The van der Waals surface area contributed by atoms with Crippen LogP contribution in [-0.4, -0.2) is 34.0 Å². The van der Waals surface area contributed by atoms with Crippen molar-refractivity contribution in [1.82, 2.24) is 4.90 Å². The molecule has 0 saturated heterocycles. The average Bonchev–Trinajstić information content (AvgIpc) is 2.80. The number of imide groups is 1. The lowest BCUT2D eigenvalue weighted by atomic mass is 10.1. The van der Waals surface area contributed by atoms with Crippen molar-refractivity contribution in [1.29, 1.82) is 0 Å². The number of ketones is 1. The minimum Gasteiger partial charge on any atom is -0.292 e. The van der Waals surface area contributed by atoms with Gasteiger partial charge in [0.1, 0.15) is 5.56 Å². The van der Waals surface area contributed by atoms with Crippen molar-refractivity contribution in [2.45, 2.75) is 0 Å². The van der Waals surface area contributed by atoms with E-state index in [4.69, 9.17) is 0 Å². The number of nitro benzene ring substituents is 1. The number of carbonyl (C=O) groups excluding carboxylic acids is 3. The molecule has 0 radical (unpaired) electrons. The van der Waals surface area contributed by atoms with Crippen molar-refractivity contribution in [2.75, 3.05) is 6.54 Å². The fourth-order valence-corrected chi connectivity index (χ4v) is 2.75. The normalized spacial score (nSPS) is 13.1. The lowest BCUT2D eigenvalue weighted by Crippen LogP contribution is -2.35. The van der Waals surface area contributed by atoms with E-state index in [0.717, 1.165) is 15.4 Å². The first-order chi connectivity index (χ1) is 11.4. The van der Waals surface area contributed by atoms with E-state index >= 15 is 0 Å². The third kappa shape index (κ3) is 2.61. The molecule has 1 heterocycles. The van der Waals surface area contributed by atoms with Gasteiger partial charge in [-0.15, -0.1) is 0 Å². The van der Waals surface area contributed by atoms with Gasteiger partial charge in [0.2, 0.25) is 0 Å². The molecule has 2 aromatic rings. The quantitative estimate of drug-likeness (QED) is 0.347. The van der Waals surface area contributed by atoms with Gasteiger partial charge in [0.05, 0.1) is 17.0 Å². The standard InChI is InChI=1S/C16H9BrN2O5/c17-10-6-4-9(5-7-10)13(20)8-18-15(21)11-2-1-3-12(19(23)24)14(11)16(18)22/h1-7H,8H2. The fraction of sp³-hybridized carbons (Fsp3) is 0.0625. The van der Waals surface area contributed by atoms with Crippen LogP contribution in [0.15, 0.2) is 46.9 Å². The molecule has 120 valence electrons. The van der Waals surface area contributed by atoms with Gasteiger partial charge in [0, 0.05) is 16.1 Å². The molecule has 0 N–H and O–H groups in total. The van der Waals surface area contributed by atoms with E-state index in [-0.39, 0.29) is 11.1 Å². The van der Waals surface area contributed by atoms with E-state index in [1.807, 2.05) is 0 Å². The first-order valence-electron chi connectivity index (χ1n) is 6.82. The van der Waals surface area contributed by atoms with Crippen LogP contribution in [0.1, 0.15) is 31.1 Å². The summed E-state index contributed by atoms with van der Waals surface area (Å²) in [6, 6.07) is 10.3. The van der Waals surface area contributed by atoms with E-state index in [1.54, 1.807) is 24.3 Å². The second kappa shape index (κ2) is 5.97. The highest BCUT2D eigenvalue weighted by Gasteiger charge is 2.41. The number of fused-ring (bicyclic) bond motifs is 1. The predicted molar refractivity (Wildman–Crippen MR) is 86.9 cm³/mol. The predicted octanol–water partition coefficient (Wildman–Crippen LogP) is 2.84. The van der Waals surface area contributed by atoms with Gasteiger partial charge >= 0.3 is 0 Å². The molecule has 0 aromatic heterocycles. The smallest absolute Gasteiger partial charge is 0.282 e. The summed E-state index contributed by atoms with van der Waals surface area (Å²) in [5.74, 6) is -1.96. The highest BCUT2D eigenvalue weighted by Crippen LogP contribution is 2.30. The first kappa shape index (κ1) is 16.0. The van der Waals surface area contributed by atoms with Crippen LogP contribution in [0, 0.1) is 10.1 Å². The molecular weight excluding hydrogens is 380 g/mol. The van der Waals surface area contributed by atoms with E-state index in [1.165, 1.54) is 12.1 Å². The van der Waals surface area contributed by atoms with Gasteiger partial charge in [-0.1, -0.05) is 34.1 Å². The second-order valence-corrected chi connectivity index (χ2v) is 6.00. The van der Waals surface area contributed by atoms with Crippen LogP contribution in [0.3, 0.4) is 0 Å². The Morgan fingerprint density at radius 3 is 2.38 bits per heavy atom. The number of benzene rings is 2. The number of Topliss-reactive ketones (excluding diaryl/α,β-unsaturated/α-hetero) is 1. The maximum absolute atomic E-state index is 12.4. The summed E-state index contributed by atoms with van der Waals surface area (Å²) in [5, 5.41) is 11.0. The zero-order valence-electron chi connectivity index (χ0n) is 12.1. The lowest BCUT2D eigenvalue weighted by molar-refractivity contribution is -0.385. The van der Waals surface area contributed by atoms with Gasteiger partial charge in [-0.3, -0.25) is 29.4 Å². The number of amides is 2. The number of halogens is 1. The topological polar surface area (TPSA) is 97.6 Å². The molecule has 0 aliphatic carbocycles. The minimum atomic E-state index is -0.826. The third-order valence-electron chi connectivity index (χ3n) is 3.64. The molecule has 0 unspecified atom stereocenters. The number of hydrogen-bond acceptors (Lipinski definition) is 5. The van der Waals surface area contributed by atoms with Crippen molar-refractivity contribution in [2.24, 2.45) is 0 Å². The Morgan fingerprint density at radius 2 is 1.75 bits per heavy atom. The van der Waals surface area contributed by atoms with Crippen molar-refractivity contribution in [3.05, 3.63) is 73.7 Å². The second-order valence-electron chi connectivity index (χ2n) is 5.08. The molecule has 8 heteroatoms. The van der Waals surface area contributed by atoms with Crippen molar-refractivity contribution in [3.8, 4) is 0 Å². The summed E-state index contributed by atoms with van der Waals surface area (Å²) in [4.78, 5) is 48.1. The van der Waals surface area contributed by atoms with E-state index < -0.39 is 34.8 Å². The van der Waals surface area contributed by atoms with Gasteiger partial charge < -0.3 is 0 Å². The van der Waals surface area contributed by atoms with Crippen LogP contribution in [0.25, 0.3) is 0 Å². The van der Waals surface area contributed by atoms with Gasteiger partial charge in [-0.05, 0) is 18.2 Å². The van der Waals surface area contributed by atoms with Crippen molar-refractivity contribution in [3.63, 3.8) is 0 Å². The maximum atomic E-state index is 12.4. The van der Waals surface area contributed by atoms with Crippen LogP contribution in [0.5, 0.6) is 0 Å². The number of nitro groups is 1. The Balaban J connectivity index is 1.91. The SMILES string of the molecule is O=C(CN1C(=O)c2cccc([N+](=O)[O-])c2C1=O)c1ccc(Br)cc1. The summed E-state index contributed by atoms with van der Waals surface area (Å²) in [7, 11) is 0. The van der Waals surface area contributed by atoms with E-state index in [9.17, 15) is 24.5 Å². The van der Waals surface area contributed by atoms with Crippen molar-refractivity contribution >= 4 is 39.2 Å². The molecule has 2 amide bonds. The van der Waals surface area contributed by atoms with Gasteiger partial charge in [0.25, 0.3) is 17.5 Å². The van der Waals surface area contributed by atoms with Crippen LogP contribution in [-0.2, 0) is 0 Å². The average molecular weight is 389 g/mol. The Kier molecular flexibility index (Phi) is 3.98. The molecular formula is C16H9BrN2O5. The molecule has 0 saturated carbocycles. The van der Waals surface area contributed by atoms with Crippen LogP contribution < -0.4 is 0 Å². The highest BCUT2D eigenvalue weighted by molar-refractivity contribution is 9.10. The molecule has 0 spiro atoms. The number of hydrogen-bond donors (Lipinski definition) is 0. The number of rotatable bonds is 4. The Bertz CT molecular complexity index is 892. The molecule has 2 aromatic carbocycles. The summed E-state index contributed by atoms with van der Waals surface area (Å²) >= 11 is 3.25. The molecule has 0 fully saturated rings. The highest BCUT2D eigenvalue weighted by atomic mass is 79.9. The molecule has 1 aliphatic rings. The third-order valence-corrected chi connectivity index (χ3v) is 4.17. The Labute approximate surface area is 144 Å². The van der Waals surface area contributed by atoms with E-state index in [2.05, 4.69) is 15.9 Å². The molecule has 0 atom stereocenters. The van der Waals surface area contributed by atoms with Crippen molar-refractivity contribution < 1.29 is 19.3 Å². The number of carbonyl (C=O) groups is 3. The van der Waals surface area contributed by atoms with Crippen LogP contribution in [0.2, 0.25) is 0 Å². The Hall–Kier alpha value is -2.87. The Morgan fingerprint density at radius 1 is 1.08 bits per heavy atom. The maximum Gasteiger partial charge on any atom is 0.282 e. The van der Waals surface area contributed by atoms with Gasteiger partial charge in [-0.25, -0.2) is 0 Å². The molecule has 24 heavy (non-hydrogen) atoms. The summed E-state index contributed by atoms with van der Waals surface area (Å²) in [6.45, 7) is -0.467. The molecule has 1 aliphatic heterocycles. The van der Waals surface area contributed by atoms with Crippen LogP contribution >= 0.6 is 15.9 Å². The van der Waals surface area contributed by atoms with Crippen LogP contribution in [0.4, 0.5) is 5.69 Å². The monoisotopic (exact) mass is 388 g/mol. The largest absolute Gasteiger partial charge is 0.292 e. The summed E-state index contributed by atoms with van der Waals surface area (Å²) in [6.07, 6.45) is 0. The molecule has 7 nitrogen and oxygen atoms in total. The minimum absolute atomic E-state index is 0.0576. The zero-order chi connectivity index (χ0) is 17.4. The first-order valence-corrected chi connectivity index (χ1v) is 7.62. The number of nitrogens with zero attached hydrogens (tertiary/aromatic N) is 2. The van der Waals surface area contributed by atoms with Gasteiger partial charge in [-0.2, -0.15) is 0 Å². The fourth-order valence-electron chi connectivity index (χ4n) is 2.48. The summed E-state index contributed by atoms with van der Waals surface area (Å²) in [5.41, 5.74) is -0.428. The van der Waals surface area contributed by atoms with E-state index in [0.29, 0.717) is 5.56 Å².